The van der Waals surface area contributed by atoms with E-state index in [0.717, 1.165) is 6.42 Å². The molecule has 0 saturated heterocycles. The minimum Gasteiger partial charge on any atom is -0.371 e. The molecule has 2 aliphatic rings. The molecular formula is C13H20O3. The van der Waals surface area contributed by atoms with Crippen molar-refractivity contribution in [1.82, 2.24) is 0 Å². The summed E-state index contributed by atoms with van der Waals surface area (Å²) in [5.74, 6) is 0.441. The van der Waals surface area contributed by atoms with Gasteiger partial charge < -0.3 is 4.74 Å². The third-order valence-corrected chi connectivity index (χ3v) is 5.05. The quantitative estimate of drug-likeness (QED) is 0.720. The van der Waals surface area contributed by atoms with Crippen LogP contribution >= 0.6 is 0 Å². The average molecular weight is 224 g/mol. The fourth-order valence-electron chi connectivity index (χ4n) is 3.64. The number of carbonyl (C=O) groups excluding carboxylic acids is 2. The second-order valence-electron chi connectivity index (χ2n) is 6.07. The van der Waals surface area contributed by atoms with E-state index >= 15 is 0 Å². The molecule has 0 radical (unpaired) electrons. The summed E-state index contributed by atoms with van der Waals surface area (Å²) in [7, 11) is 1.56. The van der Waals surface area contributed by atoms with E-state index in [1.54, 1.807) is 7.11 Å². The molecule has 2 fully saturated rings. The van der Waals surface area contributed by atoms with Crippen LogP contribution in [0, 0.1) is 16.7 Å². The zero-order valence-corrected chi connectivity index (χ0v) is 10.7. The SMILES string of the molecule is COC1(C)CC(C)(C2(C)CC(C)C2=O)C1=O. The van der Waals surface area contributed by atoms with Crippen LogP contribution < -0.4 is 0 Å². The summed E-state index contributed by atoms with van der Waals surface area (Å²) in [5.41, 5.74) is -1.64. The molecule has 0 aromatic carbocycles. The van der Waals surface area contributed by atoms with E-state index in [1.165, 1.54) is 0 Å². The third-order valence-electron chi connectivity index (χ3n) is 5.05. The zero-order chi connectivity index (χ0) is 12.4. The minimum absolute atomic E-state index is 0.0882. The van der Waals surface area contributed by atoms with Gasteiger partial charge in [0.15, 0.2) is 5.78 Å². The lowest BCUT2D eigenvalue weighted by atomic mass is 9.40. The topological polar surface area (TPSA) is 43.4 Å². The fraction of sp³-hybridized carbons (Fsp3) is 0.846. The highest BCUT2D eigenvalue weighted by molar-refractivity contribution is 6.06. The maximum atomic E-state index is 12.3. The van der Waals surface area contributed by atoms with Crippen LogP contribution in [0.1, 0.15) is 40.5 Å². The summed E-state index contributed by atoms with van der Waals surface area (Å²) in [6, 6.07) is 0. The van der Waals surface area contributed by atoms with Gasteiger partial charge in [-0.1, -0.05) is 20.8 Å². The van der Waals surface area contributed by atoms with Crippen molar-refractivity contribution in [3.63, 3.8) is 0 Å². The van der Waals surface area contributed by atoms with Crippen LogP contribution in [-0.2, 0) is 14.3 Å². The summed E-state index contributed by atoms with van der Waals surface area (Å²) >= 11 is 0. The molecule has 2 saturated carbocycles. The molecule has 0 N–H and O–H groups in total. The Morgan fingerprint density at radius 1 is 1.19 bits per heavy atom. The van der Waals surface area contributed by atoms with Gasteiger partial charge in [0.25, 0.3) is 0 Å². The molecule has 0 aromatic rings. The van der Waals surface area contributed by atoms with Gasteiger partial charge in [-0.25, -0.2) is 0 Å². The number of carbonyl (C=O) groups is 2. The van der Waals surface area contributed by atoms with Gasteiger partial charge in [-0.3, -0.25) is 9.59 Å². The lowest BCUT2D eigenvalue weighted by Crippen LogP contribution is -2.71. The van der Waals surface area contributed by atoms with Crippen LogP contribution in [0.15, 0.2) is 0 Å². The second kappa shape index (κ2) is 2.95. The summed E-state index contributed by atoms with van der Waals surface area (Å²) in [6.07, 6.45) is 1.48. The van der Waals surface area contributed by atoms with Crippen LogP contribution in [0.25, 0.3) is 0 Å². The van der Waals surface area contributed by atoms with Crippen molar-refractivity contribution in [3.8, 4) is 0 Å². The Morgan fingerprint density at radius 2 is 1.75 bits per heavy atom. The Bertz CT molecular complexity index is 375. The van der Waals surface area contributed by atoms with Gasteiger partial charge in [0.1, 0.15) is 11.4 Å². The molecule has 0 aliphatic heterocycles. The van der Waals surface area contributed by atoms with Crippen LogP contribution in [0.5, 0.6) is 0 Å². The maximum Gasteiger partial charge on any atom is 0.171 e. The van der Waals surface area contributed by atoms with Crippen molar-refractivity contribution >= 4 is 11.6 Å². The van der Waals surface area contributed by atoms with Gasteiger partial charge in [0, 0.05) is 23.9 Å². The third kappa shape index (κ3) is 1.03. The van der Waals surface area contributed by atoms with Gasteiger partial charge in [-0.05, 0) is 19.8 Å². The molecule has 0 aromatic heterocycles. The fourth-order valence-corrected chi connectivity index (χ4v) is 3.64. The van der Waals surface area contributed by atoms with Gasteiger partial charge in [-0.15, -0.1) is 0 Å². The van der Waals surface area contributed by atoms with E-state index in [2.05, 4.69) is 0 Å². The highest BCUT2D eigenvalue weighted by Crippen LogP contribution is 2.63. The number of rotatable bonds is 2. The normalized spacial score (nSPS) is 52.2. The van der Waals surface area contributed by atoms with Crippen LogP contribution in [0.4, 0.5) is 0 Å². The lowest BCUT2D eigenvalue weighted by molar-refractivity contribution is -0.203. The molecule has 0 amide bonds. The Kier molecular flexibility index (Phi) is 2.17. The first-order chi connectivity index (χ1) is 7.21. The molecule has 90 valence electrons. The first kappa shape index (κ1) is 11.8. The van der Waals surface area contributed by atoms with Crippen LogP contribution in [0.2, 0.25) is 0 Å². The van der Waals surface area contributed by atoms with Gasteiger partial charge in [0.05, 0.1) is 0 Å². The summed E-state index contributed by atoms with van der Waals surface area (Å²) in [5, 5.41) is 0. The molecule has 2 aliphatic carbocycles. The molecule has 16 heavy (non-hydrogen) atoms. The van der Waals surface area contributed by atoms with E-state index < -0.39 is 16.4 Å². The van der Waals surface area contributed by atoms with Crippen molar-refractivity contribution in [2.75, 3.05) is 7.11 Å². The predicted octanol–water partition coefficient (Wildman–Crippen LogP) is 1.99. The number of ketones is 2. The average Bonchev–Trinajstić information content (AvgIpc) is 2.27. The number of Topliss-reactive ketones (excluding diaryl/α,β-unsaturated/α-hetero) is 2. The maximum absolute atomic E-state index is 12.3. The zero-order valence-electron chi connectivity index (χ0n) is 10.7. The predicted molar refractivity (Wildman–Crippen MR) is 60.0 cm³/mol. The second-order valence-corrected chi connectivity index (χ2v) is 6.07. The number of hydrogen-bond donors (Lipinski definition) is 0. The van der Waals surface area contributed by atoms with Crippen molar-refractivity contribution in [3.05, 3.63) is 0 Å². The van der Waals surface area contributed by atoms with Crippen molar-refractivity contribution in [2.45, 2.75) is 46.1 Å². The van der Waals surface area contributed by atoms with E-state index in [1.807, 2.05) is 27.7 Å². The molecule has 0 bridgehead atoms. The van der Waals surface area contributed by atoms with Crippen molar-refractivity contribution < 1.29 is 14.3 Å². The highest BCUT2D eigenvalue weighted by atomic mass is 16.5. The smallest absolute Gasteiger partial charge is 0.171 e. The monoisotopic (exact) mass is 224 g/mol. The standard InChI is InChI=1S/C13H20O3/c1-8-6-11(2,9(8)14)12(3)7-13(4,16-5)10(12)15/h8H,6-7H2,1-5H3. The number of hydrogen-bond acceptors (Lipinski definition) is 3. The number of ether oxygens (including phenoxy) is 1. The minimum atomic E-state index is -0.670. The van der Waals surface area contributed by atoms with Crippen LogP contribution in [-0.4, -0.2) is 24.3 Å². The van der Waals surface area contributed by atoms with Crippen molar-refractivity contribution in [2.24, 2.45) is 16.7 Å². The summed E-state index contributed by atoms with van der Waals surface area (Å²) in [4.78, 5) is 24.2. The molecular weight excluding hydrogens is 204 g/mol. The van der Waals surface area contributed by atoms with Crippen LogP contribution in [0.3, 0.4) is 0 Å². The molecule has 0 heterocycles. The lowest BCUT2D eigenvalue weighted by Gasteiger charge is -2.62. The van der Waals surface area contributed by atoms with Gasteiger partial charge >= 0.3 is 0 Å². The van der Waals surface area contributed by atoms with E-state index in [9.17, 15) is 9.59 Å². The summed E-state index contributed by atoms with van der Waals surface area (Å²) < 4.78 is 5.25. The van der Waals surface area contributed by atoms with Crippen molar-refractivity contribution in [1.29, 1.82) is 0 Å². The molecule has 4 atom stereocenters. The van der Waals surface area contributed by atoms with E-state index in [4.69, 9.17) is 4.74 Å². The Balaban J connectivity index is 2.25. The Labute approximate surface area is 96.5 Å². The van der Waals surface area contributed by atoms with Gasteiger partial charge in [0.2, 0.25) is 0 Å². The Hall–Kier alpha value is -0.700. The van der Waals surface area contributed by atoms with E-state index in [0.29, 0.717) is 6.42 Å². The molecule has 3 heteroatoms. The first-order valence-corrected chi connectivity index (χ1v) is 5.86. The van der Waals surface area contributed by atoms with E-state index in [-0.39, 0.29) is 17.5 Å². The highest BCUT2D eigenvalue weighted by Gasteiger charge is 2.71. The molecule has 2 rings (SSSR count). The molecule has 3 nitrogen and oxygen atoms in total. The Morgan fingerprint density at radius 3 is 2.06 bits per heavy atom. The number of methoxy groups -OCH3 is 1. The molecule has 4 unspecified atom stereocenters. The largest absolute Gasteiger partial charge is 0.371 e. The first-order valence-electron chi connectivity index (χ1n) is 5.86. The summed E-state index contributed by atoms with van der Waals surface area (Å²) in [6.45, 7) is 7.60. The molecule has 0 spiro atoms. The van der Waals surface area contributed by atoms with Gasteiger partial charge in [-0.2, -0.15) is 0 Å².